The summed E-state index contributed by atoms with van der Waals surface area (Å²) in [7, 11) is -24.2. The van der Waals surface area contributed by atoms with E-state index in [1.54, 1.807) is 0 Å². The van der Waals surface area contributed by atoms with E-state index in [0.717, 1.165) is 76.7 Å². The fourth-order valence-electron chi connectivity index (χ4n) is 8.93. The summed E-state index contributed by atoms with van der Waals surface area (Å²) in [6.07, 6.45) is 22.1. The Balaban J connectivity index is 0.0000154. The molecule has 400 valence electrons. The first-order chi connectivity index (χ1) is 30.3. The SMILES string of the molecule is C=C[Si](C)(C)O[Si](C)(CCC[n+]1ccn(CC)c1)O[Si](C)(C)O[Si](C)(C)O[Si](C)(CCC[n+]1ccn(CC)c1)O[Si](C)(C)O[Si](C)(C)O[Si](C)(CCC[n+]1ccn(CC)c1)O[Si](C)(C)C=C.[Cl-].[Cl-].[Cl-]. The number of hydrogen-bond donors (Lipinski definition) is 0. The van der Waals surface area contributed by atoms with E-state index in [1.165, 1.54) is 0 Å². The predicted molar refractivity (Wildman–Crippen MR) is 288 cm³/mol. The van der Waals surface area contributed by atoms with Gasteiger partial charge >= 0.3 is 59.9 Å². The lowest BCUT2D eigenvalue weighted by Crippen LogP contribution is -3.00. The Morgan fingerprint density at radius 1 is 0.391 bits per heavy atom. The molecule has 69 heavy (non-hydrogen) atoms. The fourth-order valence-corrected chi connectivity index (χ4v) is 53.3. The van der Waals surface area contributed by atoms with Gasteiger partial charge in [0.25, 0.3) is 0 Å². The van der Waals surface area contributed by atoms with Gasteiger partial charge in [0.1, 0.15) is 37.2 Å². The van der Waals surface area contributed by atoms with Crippen molar-refractivity contribution in [2.75, 3.05) is 0 Å². The second-order valence-corrected chi connectivity index (χ2v) is 54.5. The maximum Gasteiger partial charge on any atom is 0.317 e. The molecule has 0 saturated carbocycles. The summed E-state index contributed by atoms with van der Waals surface area (Å²) in [6.45, 7) is 52.9. The van der Waals surface area contributed by atoms with E-state index in [2.05, 4.69) is 216 Å². The second kappa shape index (κ2) is 28.5. The molecule has 0 N–H and O–H groups in total. The van der Waals surface area contributed by atoms with E-state index in [4.69, 9.17) is 32.9 Å². The lowest BCUT2D eigenvalue weighted by molar-refractivity contribution is -0.696. The van der Waals surface area contributed by atoms with Crippen LogP contribution in [0.4, 0.5) is 0 Å². The van der Waals surface area contributed by atoms with Crippen molar-refractivity contribution in [3.8, 4) is 0 Å². The van der Waals surface area contributed by atoms with Gasteiger partial charge in [-0.2, -0.15) is 0 Å². The van der Waals surface area contributed by atoms with Crippen molar-refractivity contribution >= 4 is 76.6 Å². The molecule has 2 unspecified atom stereocenters. The zero-order valence-electron chi connectivity index (χ0n) is 45.8. The maximum atomic E-state index is 7.39. The molecule has 26 heteroatoms. The molecule has 0 aliphatic heterocycles. The zero-order chi connectivity index (χ0) is 49.9. The highest BCUT2D eigenvalue weighted by atomic mass is 35.5. The smallest absolute Gasteiger partial charge is 0.317 e. The van der Waals surface area contributed by atoms with Crippen molar-refractivity contribution in [2.24, 2.45) is 0 Å². The van der Waals surface area contributed by atoms with Crippen LogP contribution in [0.15, 0.2) is 80.7 Å². The molecule has 3 heterocycles. The molecule has 14 nitrogen and oxygen atoms in total. The Morgan fingerprint density at radius 3 is 0.826 bits per heavy atom. The second-order valence-electron chi connectivity index (χ2n) is 21.2. The summed E-state index contributed by atoms with van der Waals surface area (Å²) < 4.78 is 71.0. The number of aryl methyl sites for hydroxylation is 6. The molecule has 0 fully saturated rings. The Hall–Kier alpha value is -0.388. The van der Waals surface area contributed by atoms with Gasteiger partial charge in [-0.1, -0.05) is 11.4 Å². The summed E-state index contributed by atoms with van der Waals surface area (Å²) in [5, 5.41) is 0. The number of rotatable bonds is 33. The highest BCUT2D eigenvalue weighted by Crippen LogP contribution is 2.34. The standard InChI is InChI=1S/C43H93N6O8Si9.3ClH/c1-21-44-32-35-47(41-44)29-26-38-64(18,50-58(6,7)24-4)54-60(10,11)52-62(14,15)56-66(20,40-28-31-49-37-34-46(23-3)43-49)57-63(16,17)53-61(12,13)55-65(19,51-59(8,9)25-5)39-27-30-48-36-33-45(22-2)42-48;;;/h24-25,32-37,41-43H,4-5,21-23,26-31,38-40H2,1-3,6-20H3;3*1H/q+3;;;/p-3. The molecular formula is C43H93Cl3N6O8Si9. The van der Waals surface area contributed by atoms with Gasteiger partial charge in [0.05, 0.1) is 39.3 Å². The Bertz CT molecular complexity index is 1880. The summed E-state index contributed by atoms with van der Waals surface area (Å²) in [6, 6.07) is 2.48. The van der Waals surface area contributed by atoms with Crippen LogP contribution < -0.4 is 50.9 Å². The number of aromatic nitrogens is 6. The topological polar surface area (TPSA) is 100 Å². The van der Waals surface area contributed by atoms with Gasteiger partial charge in [-0.25, -0.2) is 27.4 Å². The van der Waals surface area contributed by atoms with Crippen molar-refractivity contribution < 1.29 is 83.8 Å². The number of imidazole rings is 3. The maximum absolute atomic E-state index is 7.39. The monoisotopic (exact) mass is 1180 g/mol. The molecule has 0 aromatic carbocycles. The summed E-state index contributed by atoms with van der Waals surface area (Å²) in [5.74, 6) is 0. The molecule has 0 aliphatic rings. The highest BCUT2D eigenvalue weighted by Gasteiger charge is 2.52. The molecule has 0 amide bonds. The summed E-state index contributed by atoms with van der Waals surface area (Å²) >= 11 is 0. The fraction of sp³-hybridized carbons (Fsp3) is 0.698. The van der Waals surface area contributed by atoms with Crippen molar-refractivity contribution in [1.29, 1.82) is 0 Å². The molecule has 3 aromatic heterocycles. The average molecular weight is 1180 g/mol. The zero-order valence-corrected chi connectivity index (χ0v) is 57.1. The first kappa shape index (κ1) is 68.6. The van der Waals surface area contributed by atoms with Gasteiger partial charge in [-0.15, -0.1) is 13.2 Å². The molecule has 0 spiro atoms. The molecule has 0 radical (unpaired) electrons. The minimum absolute atomic E-state index is 0. The molecule has 0 bridgehead atoms. The van der Waals surface area contributed by atoms with Crippen molar-refractivity contribution in [2.45, 2.75) is 196 Å². The largest absolute Gasteiger partial charge is 1.00 e. The van der Waals surface area contributed by atoms with E-state index >= 15 is 0 Å². The number of halogens is 3. The number of nitrogens with zero attached hydrogens (tertiary/aromatic N) is 6. The quantitative estimate of drug-likeness (QED) is 0.0648. The first-order valence-corrected chi connectivity index (χ1v) is 49.1. The van der Waals surface area contributed by atoms with E-state index in [9.17, 15) is 0 Å². The third kappa shape index (κ3) is 25.1. The van der Waals surface area contributed by atoms with Crippen molar-refractivity contribution in [3.63, 3.8) is 0 Å². The van der Waals surface area contributed by atoms with Gasteiger partial charge in [-0.3, -0.25) is 0 Å². The van der Waals surface area contributed by atoms with Gasteiger partial charge in [0.15, 0.2) is 16.6 Å². The average Bonchev–Trinajstić information content (AvgIpc) is 3.93. The molecule has 2 atom stereocenters. The van der Waals surface area contributed by atoms with Crippen LogP contribution in [0.25, 0.3) is 0 Å². The van der Waals surface area contributed by atoms with E-state index < -0.39 is 76.6 Å². The Labute approximate surface area is 447 Å². The molecule has 0 saturated heterocycles. The van der Waals surface area contributed by atoms with Crippen LogP contribution in [0.2, 0.25) is 116 Å². The van der Waals surface area contributed by atoms with Crippen LogP contribution in [-0.4, -0.2) is 90.3 Å². The highest BCUT2D eigenvalue weighted by molar-refractivity contribution is 6.94. The van der Waals surface area contributed by atoms with Gasteiger partial charge < -0.3 is 70.1 Å². The van der Waals surface area contributed by atoms with Gasteiger partial charge in [0.2, 0.25) is 19.0 Å². The summed E-state index contributed by atoms with van der Waals surface area (Å²) in [4.78, 5) is 0. The van der Waals surface area contributed by atoms with Crippen LogP contribution in [0, 0.1) is 0 Å². The minimum atomic E-state index is -2.98. The van der Waals surface area contributed by atoms with Gasteiger partial charge in [-0.05, 0) is 156 Å². The van der Waals surface area contributed by atoms with Crippen LogP contribution in [-0.2, 0) is 72.2 Å². The van der Waals surface area contributed by atoms with E-state index in [1.807, 2.05) is 11.4 Å². The lowest BCUT2D eigenvalue weighted by Gasteiger charge is -2.46. The van der Waals surface area contributed by atoms with Crippen LogP contribution in [0.5, 0.6) is 0 Å². The molecule has 3 rings (SSSR count). The first-order valence-electron chi connectivity index (χ1n) is 24.3. The molecule has 0 aliphatic carbocycles. The van der Waals surface area contributed by atoms with Crippen molar-refractivity contribution in [3.05, 3.63) is 80.7 Å². The van der Waals surface area contributed by atoms with E-state index in [-0.39, 0.29) is 37.2 Å². The molecular weight excluding hydrogens is 1090 g/mol. The number of hydrogen-bond acceptors (Lipinski definition) is 8. The Morgan fingerprint density at radius 2 is 0.623 bits per heavy atom. The van der Waals surface area contributed by atoms with Crippen LogP contribution in [0.3, 0.4) is 0 Å². The van der Waals surface area contributed by atoms with Crippen LogP contribution >= 0.6 is 0 Å². The predicted octanol–water partition coefficient (Wildman–Crippen LogP) is 0.613. The van der Waals surface area contributed by atoms with E-state index in [0.29, 0.717) is 0 Å². The van der Waals surface area contributed by atoms with Crippen LogP contribution in [0.1, 0.15) is 40.0 Å². The molecule has 3 aromatic rings. The third-order valence-electron chi connectivity index (χ3n) is 11.2. The minimum Gasteiger partial charge on any atom is -1.00 e. The lowest BCUT2D eigenvalue weighted by atomic mass is 10.5. The third-order valence-corrected chi connectivity index (χ3v) is 47.3. The normalized spacial score (nSPS) is 15.5. The Kier molecular flexibility index (Phi) is 28.3. The summed E-state index contributed by atoms with van der Waals surface area (Å²) in [5.41, 5.74) is 4.01. The van der Waals surface area contributed by atoms with Crippen molar-refractivity contribution in [1.82, 2.24) is 13.7 Å². The van der Waals surface area contributed by atoms with Gasteiger partial charge in [0, 0.05) is 0 Å².